The van der Waals surface area contributed by atoms with Gasteiger partial charge in [-0.2, -0.15) is 0 Å². The summed E-state index contributed by atoms with van der Waals surface area (Å²) >= 11 is 0. The van der Waals surface area contributed by atoms with Gasteiger partial charge in [-0.3, -0.25) is 0 Å². The van der Waals surface area contributed by atoms with Gasteiger partial charge in [-0.1, -0.05) is 12.2 Å². The van der Waals surface area contributed by atoms with Gasteiger partial charge in [-0.15, -0.1) is 0 Å². The van der Waals surface area contributed by atoms with Crippen molar-refractivity contribution in [2.24, 2.45) is 0 Å². The topological polar surface area (TPSA) is 35.2 Å². The number of ether oxygens (including phenoxy) is 1. The first-order valence-corrected chi connectivity index (χ1v) is 4.82. The first-order chi connectivity index (χ1) is 6.63. The lowest BCUT2D eigenvalue weighted by Gasteiger charge is -2.12. The molecule has 0 fully saturated rings. The minimum Gasteiger partial charge on any atom is -0.490 e. The second kappa shape index (κ2) is 4.70. The maximum absolute atomic E-state index is 5.70. The van der Waals surface area contributed by atoms with Crippen LogP contribution < -0.4 is 10.5 Å². The van der Waals surface area contributed by atoms with E-state index in [-0.39, 0.29) is 6.10 Å². The molecule has 76 valence electrons. The number of hydrogen-bond donors (Lipinski definition) is 1. The third-order valence-electron chi connectivity index (χ3n) is 1.74. The average molecular weight is 191 g/mol. The van der Waals surface area contributed by atoms with Crippen molar-refractivity contribution in [2.75, 3.05) is 5.73 Å². The fraction of sp³-hybridized carbons (Fsp3) is 0.333. The molecule has 2 heteroatoms. The number of hydrogen-bond acceptors (Lipinski definition) is 2. The van der Waals surface area contributed by atoms with Gasteiger partial charge >= 0.3 is 0 Å². The summed E-state index contributed by atoms with van der Waals surface area (Å²) in [7, 11) is 0. The number of nitrogen functional groups attached to an aromatic ring is 1. The van der Waals surface area contributed by atoms with E-state index in [0.29, 0.717) is 0 Å². The average Bonchev–Trinajstić information content (AvgIpc) is 2.09. The van der Waals surface area contributed by atoms with Crippen LogP contribution >= 0.6 is 0 Å². The predicted molar refractivity (Wildman–Crippen MR) is 61.3 cm³/mol. The number of nitrogens with two attached hydrogens (primary N) is 1. The Balaban J connectivity index is 3.01. The molecular formula is C12H17NO. The zero-order valence-electron chi connectivity index (χ0n) is 8.95. The molecule has 2 N–H and O–H groups in total. The molecule has 0 heterocycles. The highest BCUT2D eigenvalue weighted by atomic mass is 16.5. The molecule has 1 aromatic carbocycles. The quantitative estimate of drug-likeness (QED) is 0.745. The summed E-state index contributed by atoms with van der Waals surface area (Å²) < 4.78 is 5.65. The Morgan fingerprint density at radius 3 is 2.64 bits per heavy atom. The van der Waals surface area contributed by atoms with E-state index < -0.39 is 0 Å². The number of rotatable bonds is 3. The van der Waals surface area contributed by atoms with Crippen molar-refractivity contribution in [3.05, 3.63) is 29.8 Å². The summed E-state index contributed by atoms with van der Waals surface area (Å²) in [5, 5.41) is 0. The van der Waals surface area contributed by atoms with Gasteiger partial charge < -0.3 is 10.5 Å². The van der Waals surface area contributed by atoms with E-state index in [9.17, 15) is 0 Å². The van der Waals surface area contributed by atoms with Crippen LogP contribution in [0.3, 0.4) is 0 Å². The molecule has 1 rings (SSSR count). The summed E-state index contributed by atoms with van der Waals surface area (Å²) in [6, 6.07) is 5.67. The van der Waals surface area contributed by atoms with E-state index in [1.807, 2.05) is 51.1 Å². The predicted octanol–water partition coefficient (Wildman–Crippen LogP) is 3.09. The van der Waals surface area contributed by atoms with Crippen LogP contribution in [-0.4, -0.2) is 6.10 Å². The van der Waals surface area contributed by atoms with Crippen molar-refractivity contribution >= 4 is 11.8 Å². The monoisotopic (exact) mass is 191 g/mol. The highest BCUT2D eigenvalue weighted by molar-refractivity contribution is 5.62. The Labute approximate surface area is 85.4 Å². The molecule has 0 spiro atoms. The molecule has 0 unspecified atom stereocenters. The standard InChI is InChI=1S/C12H17NO/c1-4-5-10-8-11(13)6-7-12(10)14-9(2)3/h4-9H,13H2,1-3H3/b5-4+. The molecule has 0 saturated heterocycles. The van der Waals surface area contributed by atoms with E-state index in [1.165, 1.54) is 0 Å². The van der Waals surface area contributed by atoms with Crippen molar-refractivity contribution in [1.29, 1.82) is 0 Å². The molecule has 2 nitrogen and oxygen atoms in total. The molecule has 0 atom stereocenters. The Hall–Kier alpha value is -1.44. The molecule has 0 saturated carbocycles. The molecule has 0 aliphatic carbocycles. The molecule has 14 heavy (non-hydrogen) atoms. The summed E-state index contributed by atoms with van der Waals surface area (Å²) in [6.45, 7) is 5.99. The van der Waals surface area contributed by atoms with E-state index in [4.69, 9.17) is 10.5 Å². The fourth-order valence-electron chi connectivity index (χ4n) is 1.24. The van der Waals surface area contributed by atoms with E-state index in [2.05, 4.69) is 0 Å². The highest BCUT2D eigenvalue weighted by Gasteiger charge is 2.02. The van der Waals surface area contributed by atoms with Gasteiger partial charge in [0.05, 0.1) is 6.10 Å². The maximum Gasteiger partial charge on any atom is 0.127 e. The van der Waals surface area contributed by atoms with Gasteiger partial charge in [0.2, 0.25) is 0 Å². The molecular weight excluding hydrogens is 174 g/mol. The van der Waals surface area contributed by atoms with Gasteiger partial charge in [0.1, 0.15) is 5.75 Å². The molecule has 0 radical (unpaired) electrons. The highest BCUT2D eigenvalue weighted by Crippen LogP contribution is 2.23. The van der Waals surface area contributed by atoms with Crippen molar-refractivity contribution in [2.45, 2.75) is 26.9 Å². The van der Waals surface area contributed by atoms with Crippen LogP contribution in [0.25, 0.3) is 6.08 Å². The van der Waals surface area contributed by atoms with Gasteiger partial charge in [0.25, 0.3) is 0 Å². The Bertz CT molecular complexity index is 329. The van der Waals surface area contributed by atoms with E-state index >= 15 is 0 Å². The lowest BCUT2D eigenvalue weighted by atomic mass is 10.1. The van der Waals surface area contributed by atoms with Gasteiger partial charge in [0, 0.05) is 11.3 Å². The fourth-order valence-corrected chi connectivity index (χ4v) is 1.24. The van der Waals surface area contributed by atoms with Crippen molar-refractivity contribution in [3.63, 3.8) is 0 Å². The summed E-state index contributed by atoms with van der Waals surface area (Å²) in [5.41, 5.74) is 7.49. The summed E-state index contributed by atoms with van der Waals surface area (Å²) in [5.74, 6) is 0.882. The minimum atomic E-state index is 0.183. The third kappa shape index (κ3) is 2.80. The van der Waals surface area contributed by atoms with Crippen molar-refractivity contribution in [1.82, 2.24) is 0 Å². The second-order valence-electron chi connectivity index (χ2n) is 3.46. The molecule has 0 aliphatic heterocycles. The Morgan fingerprint density at radius 1 is 1.36 bits per heavy atom. The van der Waals surface area contributed by atoms with Crippen molar-refractivity contribution in [3.8, 4) is 5.75 Å². The van der Waals surface area contributed by atoms with Gasteiger partial charge in [-0.25, -0.2) is 0 Å². The van der Waals surface area contributed by atoms with Crippen LogP contribution in [0.5, 0.6) is 5.75 Å². The molecule has 0 aliphatic rings. The first kappa shape index (κ1) is 10.6. The maximum atomic E-state index is 5.70. The van der Waals surface area contributed by atoms with Gasteiger partial charge in [-0.05, 0) is 39.0 Å². The number of benzene rings is 1. The third-order valence-corrected chi connectivity index (χ3v) is 1.74. The van der Waals surface area contributed by atoms with Crippen LogP contribution in [0, 0.1) is 0 Å². The summed E-state index contributed by atoms with van der Waals surface area (Å²) in [6.07, 6.45) is 4.15. The second-order valence-corrected chi connectivity index (χ2v) is 3.46. The van der Waals surface area contributed by atoms with Crippen LogP contribution in [0.1, 0.15) is 26.3 Å². The Kier molecular flexibility index (Phi) is 3.57. The molecule has 0 bridgehead atoms. The SMILES string of the molecule is C/C=C/c1cc(N)ccc1OC(C)C. The van der Waals surface area contributed by atoms with Crippen LogP contribution in [-0.2, 0) is 0 Å². The van der Waals surface area contributed by atoms with E-state index in [1.54, 1.807) is 0 Å². The first-order valence-electron chi connectivity index (χ1n) is 4.82. The number of allylic oxidation sites excluding steroid dienone is 1. The van der Waals surface area contributed by atoms with Crippen LogP contribution in [0.15, 0.2) is 24.3 Å². The van der Waals surface area contributed by atoms with Crippen LogP contribution in [0.2, 0.25) is 0 Å². The van der Waals surface area contributed by atoms with Gasteiger partial charge in [0.15, 0.2) is 0 Å². The summed E-state index contributed by atoms with van der Waals surface area (Å²) in [4.78, 5) is 0. The van der Waals surface area contributed by atoms with Crippen LogP contribution in [0.4, 0.5) is 5.69 Å². The zero-order chi connectivity index (χ0) is 10.6. The van der Waals surface area contributed by atoms with E-state index in [0.717, 1.165) is 17.0 Å². The zero-order valence-corrected chi connectivity index (χ0v) is 8.95. The normalized spacial score (nSPS) is 11.1. The minimum absolute atomic E-state index is 0.183. The molecule has 0 amide bonds. The molecule has 0 aromatic heterocycles. The lowest BCUT2D eigenvalue weighted by Crippen LogP contribution is -2.06. The Morgan fingerprint density at radius 2 is 2.07 bits per heavy atom. The lowest BCUT2D eigenvalue weighted by molar-refractivity contribution is 0.242. The molecule has 1 aromatic rings. The smallest absolute Gasteiger partial charge is 0.127 e. The van der Waals surface area contributed by atoms with Crippen molar-refractivity contribution < 1.29 is 4.74 Å². The largest absolute Gasteiger partial charge is 0.490 e. The number of anilines is 1.